The third-order valence-corrected chi connectivity index (χ3v) is 5.31. The molecular weight excluding hydrogens is 409 g/mol. The second kappa shape index (κ2) is 8.39. The molecule has 8 heteroatoms. The molecule has 158 valence electrons. The number of hydrogen-bond donors (Lipinski definition) is 0. The van der Waals surface area contributed by atoms with Crippen LogP contribution in [-0.4, -0.2) is 35.1 Å². The molecule has 0 N–H and O–H groups in total. The maximum Gasteiger partial charge on any atom is 0.419 e. The highest BCUT2D eigenvalue weighted by molar-refractivity contribution is 7.12. The Bertz CT molecular complexity index is 1120. The molecule has 0 atom stereocenters. The minimum Gasteiger partial charge on any atom is -0.469 e. The summed E-state index contributed by atoms with van der Waals surface area (Å²) in [5, 5.41) is 2.30. The molecule has 3 rings (SSSR count). The van der Waals surface area contributed by atoms with E-state index in [1.807, 2.05) is 0 Å². The topological polar surface area (TPSA) is 74.6 Å². The van der Waals surface area contributed by atoms with Gasteiger partial charge in [-0.15, -0.1) is 11.3 Å². The lowest BCUT2D eigenvalue weighted by Crippen LogP contribution is -2.26. The number of esters is 1. The van der Waals surface area contributed by atoms with Crippen LogP contribution in [0.15, 0.2) is 35.8 Å². The van der Waals surface area contributed by atoms with Crippen LogP contribution < -0.4 is 0 Å². The maximum absolute atomic E-state index is 14.6. The fourth-order valence-electron chi connectivity index (χ4n) is 2.99. The molecule has 0 bridgehead atoms. The van der Waals surface area contributed by atoms with Crippen LogP contribution in [0.5, 0.6) is 0 Å². The summed E-state index contributed by atoms with van der Waals surface area (Å²) in [7, 11) is 1.27. The van der Waals surface area contributed by atoms with Crippen molar-refractivity contribution in [2.24, 2.45) is 0 Å². The van der Waals surface area contributed by atoms with E-state index in [0.29, 0.717) is 21.4 Å². The van der Waals surface area contributed by atoms with Crippen molar-refractivity contribution in [1.82, 2.24) is 4.57 Å². The molecule has 2 aromatic heterocycles. The van der Waals surface area contributed by atoms with Gasteiger partial charge in [-0.1, -0.05) is 12.1 Å². The van der Waals surface area contributed by atoms with Crippen LogP contribution in [0.1, 0.15) is 43.3 Å². The van der Waals surface area contributed by atoms with Gasteiger partial charge in [0.05, 0.1) is 23.9 Å². The van der Waals surface area contributed by atoms with Gasteiger partial charge in [-0.3, -0.25) is 9.59 Å². The summed E-state index contributed by atoms with van der Waals surface area (Å²) in [5.41, 5.74) is 0.672. The van der Waals surface area contributed by atoms with Gasteiger partial charge in [0.25, 0.3) is 0 Å². The second-order valence-electron chi connectivity index (χ2n) is 7.73. The molecule has 0 unspecified atom stereocenters. The van der Waals surface area contributed by atoms with E-state index in [1.54, 1.807) is 44.4 Å². The van der Waals surface area contributed by atoms with Crippen LogP contribution in [0.25, 0.3) is 22.0 Å². The second-order valence-corrected chi connectivity index (χ2v) is 8.64. The summed E-state index contributed by atoms with van der Waals surface area (Å²) in [4.78, 5) is 36.7. The summed E-state index contributed by atoms with van der Waals surface area (Å²) in [6.45, 7) is 5.21. The number of fused-ring (bicyclic) bond motifs is 1. The minimum absolute atomic E-state index is 0.00568. The number of ether oxygens (including phenoxy) is 2. The largest absolute Gasteiger partial charge is 0.469 e. The van der Waals surface area contributed by atoms with Crippen LogP contribution in [0.3, 0.4) is 0 Å². The van der Waals surface area contributed by atoms with Crippen molar-refractivity contribution in [1.29, 1.82) is 0 Å². The van der Waals surface area contributed by atoms with Gasteiger partial charge >= 0.3 is 12.1 Å². The summed E-state index contributed by atoms with van der Waals surface area (Å²) in [5.74, 6) is -1.18. The number of rotatable bonds is 5. The summed E-state index contributed by atoms with van der Waals surface area (Å²) in [6, 6.07) is 6.24. The SMILES string of the molecule is COC(=O)CCC(=O)c1cc(-c2cn(C(=O)OC(C)(C)C)c3c(F)cccc23)cs1. The van der Waals surface area contributed by atoms with Gasteiger partial charge in [-0.05, 0) is 43.8 Å². The number of para-hydroxylation sites is 1. The molecule has 2 heterocycles. The highest BCUT2D eigenvalue weighted by Crippen LogP contribution is 2.35. The molecule has 0 radical (unpaired) electrons. The van der Waals surface area contributed by atoms with E-state index >= 15 is 0 Å². The molecule has 30 heavy (non-hydrogen) atoms. The van der Waals surface area contributed by atoms with E-state index < -0.39 is 23.5 Å². The Morgan fingerprint density at radius 1 is 1.17 bits per heavy atom. The number of Topliss-reactive ketones (excluding diaryl/α,β-unsaturated/α-hetero) is 1. The van der Waals surface area contributed by atoms with Crippen LogP contribution >= 0.6 is 11.3 Å². The first kappa shape index (κ1) is 21.7. The van der Waals surface area contributed by atoms with Crippen molar-refractivity contribution < 1.29 is 28.2 Å². The van der Waals surface area contributed by atoms with Crippen molar-refractivity contribution in [3.05, 3.63) is 46.5 Å². The number of halogens is 1. The molecular formula is C22H22FNO5S. The zero-order valence-corrected chi connectivity index (χ0v) is 18.0. The smallest absolute Gasteiger partial charge is 0.419 e. The van der Waals surface area contributed by atoms with E-state index in [9.17, 15) is 18.8 Å². The zero-order chi connectivity index (χ0) is 22.1. The van der Waals surface area contributed by atoms with E-state index in [4.69, 9.17) is 4.74 Å². The van der Waals surface area contributed by atoms with Gasteiger partial charge in [0, 0.05) is 23.6 Å². The lowest BCUT2D eigenvalue weighted by Gasteiger charge is -2.19. The molecule has 0 aliphatic heterocycles. The number of benzene rings is 1. The maximum atomic E-state index is 14.6. The first-order valence-electron chi connectivity index (χ1n) is 9.32. The van der Waals surface area contributed by atoms with Gasteiger partial charge in [0.2, 0.25) is 0 Å². The first-order chi connectivity index (χ1) is 14.1. The molecule has 0 spiro atoms. The quantitative estimate of drug-likeness (QED) is 0.398. The molecule has 6 nitrogen and oxygen atoms in total. The van der Waals surface area contributed by atoms with E-state index in [1.165, 1.54) is 30.7 Å². The Kier molecular flexibility index (Phi) is 6.07. The Morgan fingerprint density at radius 3 is 2.57 bits per heavy atom. The van der Waals surface area contributed by atoms with Crippen LogP contribution in [0.4, 0.5) is 9.18 Å². The molecule has 0 aliphatic rings. The highest BCUT2D eigenvalue weighted by atomic mass is 32.1. The van der Waals surface area contributed by atoms with Gasteiger partial charge in [0.1, 0.15) is 11.4 Å². The van der Waals surface area contributed by atoms with Crippen LogP contribution in [0.2, 0.25) is 0 Å². The third-order valence-electron chi connectivity index (χ3n) is 4.34. The molecule has 0 amide bonds. The number of carbonyl (C=O) groups is 3. The normalized spacial score (nSPS) is 11.5. The zero-order valence-electron chi connectivity index (χ0n) is 17.2. The van der Waals surface area contributed by atoms with Crippen LogP contribution in [0, 0.1) is 5.82 Å². The Hall–Kier alpha value is -3.00. The molecule has 3 aromatic rings. The van der Waals surface area contributed by atoms with Crippen molar-refractivity contribution in [2.75, 3.05) is 7.11 Å². The fraction of sp³-hybridized carbons (Fsp3) is 0.318. The summed E-state index contributed by atoms with van der Waals surface area (Å²) < 4.78 is 25.7. The summed E-state index contributed by atoms with van der Waals surface area (Å²) >= 11 is 1.23. The van der Waals surface area contributed by atoms with Gasteiger partial charge in [0.15, 0.2) is 5.78 Å². The number of carbonyl (C=O) groups excluding carboxylic acids is 3. The summed E-state index contributed by atoms with van der Waals surface area (Å²) in [6.07, 6.45) is 0.882. The number of nitrogens with zero attached hydrogens (tertiary/aromatic N) is 1. The van der Waals surface area contributed by atoms with Crippen LogP contribution in [-0.2, 0) is 14.3 Å². The van der Waals surface area contributed by atoms with Gasteiger partial charge in [-0.25, -0.2) is 13.8 Å². The molecule has 0 fully saturated rings. The molecule has 0 aliphatic carbocycles. The standard InChI is InChI=1S/C22H22FNO5S/c1-22(2,3)29-21(27)24-11-15(14-6-5-7-16(23)20(14)24)13-10-18(30-12-13)17(25)8-9-19(26)28-4/h5-7,10-12H,8-9H2,1-4H3. The van der Waals surface area contributed by atoms with Crippen molar-refractivity contribution >= 4 is 40.1 Å². The first-order valence-corrected chi connectivity index (χ1v) is 10.2. The average Bonchev–Trinajstić information content (AvgIpc) is 3.30. The Labute approximate surface area is 177 Å². The number of ketones is 1. The number of thiophene rings is 1. The molecule has 0 saturated carbocycles. The minimum atomic E-state index is -0.735. The lowest BCUT2D eigenvalue weighted by molar-refractivity contribution is -0.140. The Balaban J connectivity index is 1.98. The van der Waals surface area contributed by atoms with Crippen molar-refractivity contribution in [3.63, 3.8) is 0 Å². The number of aromatic nitrogens is 1. The number of methoxy groups -OCH3 is 1. The lowest BCUT2D eigenvalue weighted by atomic mass is 10.1. The highest BCUT2D eigenvalue weighted by Gasteiger charge is 2.23. The monoisotopic (exact) mass is 431 g/mol. The van der Waals surface area contributed by atoms with Gasteiger partial charge in [-0.2, -0.15) is 0 Å². The van der Waals surface area contributed by atoms with E-state index in [2.05, 4.69) is 4.74 Å². The van der Waals surface area contributed by atoms with Crippen molar-refractivity contribution in [3.8, 4) is 11.1 Å². The third kappa shape index (κ3) is 4.59. The predicted molar refractivity (Wildman–Crippen MR) is 112 cm³/mol. The van der Waals surface area contributed by atoms with Gasteiger partial charge < -0.3 is 9.47 Å². The Morgan fingerprint density at radius 2 is 1.90 bits per heavy atom. The number of hydrogen-bond acceptors (Lipinski definition) is 6. The van der Waals surface area contributed by atoms with E-state index in [-0.39, 0.29) is 24.1 Å². The fourth-order valence-corrected chi connectivity index (χ4v) is 3.87. The molecule has 0 saturated heterocycles. The molecule has 1 aromatic carbocycles. The predicted octanol–water partition coefficient (Wildman–Crippen LogP) is 5.43. The van der Waals surface area contributed by atoms with E-state index in [0.717, 1.165) is 4.57 Å². The van der Waals surface area contributed by atoms with Crippen molar-refractivity contribution in [2.45, 2.75) is 39.2 Å². The average molecular weight is 431 g/mol.